The molecule has 1 heterocycles. The maximum atomic E-state index is 12.7. The number of hydrogen-bond donors (Lipinski definition) is 1. The third kappa shape index (κ3) is 4.70. The lowest BCUT2D eigenvalue weighted by Gasteiger charge is -2.29. The smallest absolute Gasteiger partial charge is 0.243 e. The molecule has 3 rings (SSSR count). The maximum absolute atomic E-state index is 12.7. The van der Waals surface area contributed by atoms with E-state index in [0.29, 0.717) is 13.2 Å². The van der Waals surface area contributed by atoms with Crippen LogP contribution in [0.15, 0.2) is 58.3 Å². The largest absolute Gasteiger partial charge is 0.378 e. The van der Waals surface area contributed by atoms with Gasteiger partial charge in [-0.1, -0.05) is 12.1 Å². The molecule has 0 spiro atoms. The normalized spacial score (nSPS) is 15.8. The first-order valence-corrected chi connectivity index (χ1v) is 11.7. The van der Waals surface area contributed by atoms with Gasteiger partial charge in [-0.25, -0.2) is 22.0 Å². The Morgan fingerprint density at radius 3 is 2.00 bits per heavy atom. The zero-order chi connectivity index (χ0) is 20.4. The molecule has 0 aliphatic carbocycles. The summed E-state index contributed by atoms with van der Waals surface area (Å²) in [5, 5.41) is 5.05. The summed E-state index contributed by atoms with van der Waals surface area (Å²) < 4.78 is 54.7. The highest BCUT2D eigenvalue weighted by Crippen LogP contribution is 2.21. The van der Waals surface area contributed by atoms with Gasteiger partial charge in [0.25, 0.3) is 0 Å². The van der Waals surface area contributed by atoms with Gasteiger partial charge < -0.3 is 9.64 Å². The van der Waals surface area contributed by atoms with Gasteiger partial charge in [-0.05, 0) is 42.0 Å². The minimum atomic E-state index is -3.87. The van der Waals surface area contributed by atoms with Gasteiger partial charge in [0.15, 0.2) is 0 Å². The highest BCUT2D eigenvalue weighted by atomic mass is 32.2. The molecule has 0 unspecified atom stereocenters. The number of nitrogens with zero attached hydrogens (tertiary/aromatic N) is 2. The van der Waals surface area contributed by atoms with Crippen LogP contribution in [0, 0.1) is 0 Å². The summed E-state index contributed by atoms with van der Waals surface area (Å²) in [7, 11) is -6.14. The Bertz CT molecular complexity index is 1010. The number of sulfonamides is 2. The van der Waals surface area contributed by atoms with E-state index < -0.39 is 20.0 Å². The molecular formula is C18H23N3O5S2. The molecule has 2 N–H and O–H groups in total. The first kappa shape index (κ1) is 20.7. The van der Waals surface area contributed by atoms with E-state index in [9.17, 15) is 16.8 Å². The van der Waals surface area contributed by atoms with Crippen LogP contribution in [0.25, 0.3) is 0 Å². The molecule has 0 amide bonds. The van der Waals surface area contributed by atoms with E-state index in [4.69, 9.17) is 9.88 Å². The van der Waals surface area contributed by atoms with E-state index in [0.717, 1.165) is 24.3 Å². The van der Waals surface area contributed by atoms with Gasteiger partial charge in [-0.2, -0.15) is 4.31 Å². The Balaban J connectivity index is 1.71. The van der Waals surface area contributed by atoms with Crippen molar-refractivity contribution in [1.82, 2.24) is 4.31 Å². The van der Waals surface area contributed by atoms with Crippen molar-refractivity contribution in [2.45, 2.75) is 16.3 Å². The zero-order valence-corrected chi connectivity index (χ0v) is 17.1. The number of rotatable bonds is 6. The maximum Gasteiger partial charge on any atom is 0.243 e. The number of ether oxygens (including phenoxy) is 1. The van der Waals surface area contributed by atoms with E-state index in [-0.39, 0.29) is 16.3 Å². The monoisotopic (exact) mass is 425 g/mol. The van der Waals surface area contributed by atoms with Crippen molar-refractivity contribution in [2.24, 2.45) is 5.14 Å². The van der Waals surface area contributed by atoms with E-state index in [1.54, 1.807) is 0 Å². The number of benzene rings is 2. The van der Waals surface area contributed by atoms with E-state index in [2.05, 4.69) is 4.90 Å². The van der Waals surface area contributed by atoms with Crippen molar-refractivity contribution in [3.05, 3.63) is 54.1 Å². The van der Waals surface area contributed by atoms with Crippen LogP contribution in [-0.2, 0) is 31.3 Å². The second-order valence-electron chi connectivity index (χ2n) is 6.54. The summed E-state index contributed by atoms with van der Waals surface area (Å²) in [6, 6.07) is 12.6. The first-order chi connectivity index (χ1) is 13.2. The fourth-order valence-electron chi connectivity index (χ4n) is 2.96. The number of morpholine rings is 1. The summed E-state index contributed by atoms with van der Waals surface area (Å²) in [5.41, 5.74) is 1.93. The minimum Gasteiger partial charge on any atom is -0.378 e. The molecule has 1 aliphatic heterocycles. The number of anilines is 1. The molecule has 0 bridgehead atoms. The van der Waals surface area contributed by atoms with Crippen LogP contribution in [0.1, 0.15) is 5.56 Å². The number of hydrogen-bond acceptors (Lipinski definition) is 6. The SMILES string of the molecule is CN(Cc1ccc(N2CCOCC2)cc1)S(=O)(=O)c1ccc(S(N)(=O)=O)cc1. The molecule has 28 heavy (non-hydrogen) atoms. The fourth-order valence-corrected chi connectivity index (χ4v) is 4.63. The Morgan fingerprint density at radius 2 is 1.46 bits per heavy atom. The molecule has 152 valence electrons. The molecule has 2 aromatic carbocycles. The summed E-state index contributed by atoms with van der Waals surface area (Å²) in [6.07, 6.45) is 0. The Morgan fingerprint density at radius 1 is 0.929 bits per heavy atom. The summed E-state index contributed by atoms with van der Waals surface area (Å²) in [5.74, 6) is 0. The van der Waals surface area contributed by atoms with Gasteiger partial charge in [-0.3, -0.25) is 0 Å². The van der Waals surface area contributed by atoms with Crippen molar-refractivity contribution < 1.29 is 21.6 Å². The summed E-state index contributed by atoms with van der Waals surface area (Å²) in [6.45, 7) is 3.27. The van der Waals surface area contributed by atoms with Crippen molar-refractivity contribution in [1.29, 1.82) is 0 Å². The topological polar surface area (TPSA) is 110 Å². The second kappa shape index (κ2) is 8.18. The lowest BCUT2D eigenvalue weighted by Crippen LogP contribution is -2.36. The van der Waals surface area contributed by atoms with Gasteiger partial charge in [0, 0.05) is 32.4 Å². The standard InChI is InChI=1S/C18H23N3O5S2/c1-20(28(24,25)18-8-6-17(7-9-18)27(19,22)23)14-15-2-4-16(5-3-15)21-10-12-26-13-11-21/h2-9H,10-14H2,1H3,(H2,19,22,23). The van der Waals surface area contributed by atoms with Crippen LogP contribution in [0.3, 0.4) is 0 Å². The lowest BCUT2D eigenvalue weighted by molar-refractivity contribution is 0.122. The van der Waals surface area contributed by atoms with Crippen molar-refractivity contribution in [3.8, 4) is 0 Å². The molecule has 2 aromatic rings. The quantitative estimate of drug-likeness (QED) is 0.739. The molecule has 0 atom stereocenters. The van der Waals surface area contributed by atoms with Crippen LogP contribution < -0.4 is 10.0 Å². The van der Waals surface area contributed by atoms with Crippen molar-refractivity contribution in [2.75, 3.05) is 38.3 Å². The van der Waals surface area contributed by atoms with Crippen LogP contribution >= 0.6 is 0 Å². The van der Waals surface area contributed by atoms with Crippen LogP contribution in [0.4, 0.5) is 5.69 Å². The van der Waals surface area contributed by atoms with Gasteiger partial charge in [-0.15, -0.1) is 0 Å². The van der Waals surface area contributed by atoms with Gasteiger partial charge >= 0.3 is 0 Å². The molecule has 0 aromatic heterocycles. The van der Waals surface area contributed by atoms with Gasteiger partial charge in [0.1, 0.15) is 0 Å². The first-order valence-electron chi connectivity index (χ1n) is 8.69. The van der Waals surface area contributed by atoms with Crippen molar-refractivity contribution in [3.63, 3.8) is 0 Å². The minimum absolute atomic E-state index is 0.00679. The summed E-state index contributed by atoms with van der Waals surface area (Å²) in [4.78, 5) is 2.10. The molecule has 8 nitrogen and oxygen atoms in total. The average molecular weight is 426 g/mol. The summed E-state index contributed by atoms with van der Waals surface area (Å²) >= 11 is 0. The molecular weight excluding hydrogens is 402 g/mol. The second-order valence-corrected chi connectivity index (χ2v) is 10.1. The van der Waals surface area contributed by atoms with Gasteiger partial charge in [0.05, 0.1) is 23.0 Å². The number of primary sulfonamides is 1. The predicted octanol–water partition coefficient (Wildman–Crippen LogP) is 0.991. The highest BCUT2D eigenvalue weighted by molar-refractivity contribution is 7.89. The predicted molar refractivity (Wildman–Crippen MR) is 106 cm³/mol. The third-order valence-corrected chi connectivity index (χ3v) is 7.33. The molecule has 0 saturated carbocycles. The van der Waals surface area contributed by atoms with Crippen molar-refractivity contribution >= 4 is 25.7 Å². The van der Waals surface area contributed by atoms with Crippen LogP contribution in [0.2, 0.25) is 0 Å². The molecule has 0 radical (unpaired) electrons. The van der Waals surface area contributed by atoms with E-state index in [1.807, 2.05) is 24.3 Å². The van der Waals surface area contributed by atoms with Crippen LogP contribution in [0.5, 0.6) is 0 Å². The Labute approximate surface area is 165 Å². The Kier molecular flexibility index (Phi) is 6.06. The molecule has 1 fully saturated rings. The van der Waals surface area contributed by atoms with Gasteiger partial charge in [0.2, 0.25) is 20.0 Å². The van der Waals surface area contributed by atoms with Crippen LogP contribution in [-0.4, -0.2) is 54.5 Å². The van der Waals surface area contributed by atoms with E-state index in [1.165, 1.54) is 35.6 Å². The fraction of sp³-hybridized carbons (Fsp3) is 0.333. The number of nitrogens with two attached hydrogens (primary N) is 1. The van der Waals surface area contributed by atoms with E-state index >= 15 is 0 Å². The average Bonchev–Trinajstić information content (AvgIpc) is 2.68. The highest BCUT2D eigenvalue weighted by Gasteiger charge is 2.22. The molecule has 1 aliphatic rings. The Hall–Kier alpha value is -1.98. The molecule has 10 heteroatoms. The lowest BCUT2D eigenvalue weighted by atomic mass is 10.2. The molecule has 1 saturated heterocycles. The zero-order valence-electron chi connectivity index (χ0n) is 15.5. The third-order valence-electron chi connectivity index (χ3n) is 4.58.